The average Bonchev–Trinajstić information content (AvgIpc) is 2.46. The molecule has 1 aliphatic rings. The Morgan fingerprint density at radius 1 is 1.30 bits per heavy atom. The van der Waals surface area contributed by atoms with Crippen molar-refractivity contribution < 1.29 is 4.74 Å². The third-order valence-corrected chi connectivity index (χ3v) is 4.37. The van der Waals surface area contributed by atoms with Crippen LogP contribution in [0.25, 0.3) is 0 Å². The number of hydrogen-bond donors (Lipinski definition) is 0. The van der Waals surface area contributed by atoms with Crippen LogP contribution < -0.4 is 4.74 Å². The lowest BCUT2D eigenvalue weighted by atomic mass is 9.87. The predicted octanol–water partition coefficient (Wildman–Crippen LogP) is 4.10. The molecule has 20 heavy (non-hydrogen) atoms. The summed E-state index contributed by atoms with van der Waals surface area (Å²) in [5.41, 5.74) is 2.92. The number of likely N-dealkylation sites (N-methyl/N-ethyl adjacent to an activating group) is 1. The Bertz CT molecular complexity index is 408. The van der Waals surface area contributed by atoms with Gasteiger partial charge in [0.25, 0.3) is 0 Å². The molecule has 2 nitrogen and oxygen atoms in total. The molecule has 1 unspecified atom stereocenters. The van der Waals surface area contributed by atoms with Crippen LogP contribution >= 0.6 is 12.4 Å². The number of hydrogen-bond acceptors (Lipinski definition) is 2. The monoisotopic (exact) mass is 297 g/mol. The minimum absolute atomic E-state index is 0. The van der Waals surface area contributed by atoms with Crippen molar-refractivity contribution in [1.29, 1.82) is 0 Å². The molecule has 0 N–H and O–H groups in total. The molecule has 0 heterocycles. The molecule has 1 atom stereocenters. The van der Waals surface area contributed by atoms with Crippen LogP contribution in [0.5, 0.6) is 5.75 Å². The summed E-state index contributed by atoms with van der Waals surface area (Å²) in [6, 6.07) is 7.18. The third-order valence-electron chi connectivity index (χ3n) is 4.37. The van der Waals surface area contributed by atoms with Crippen LogP contribution in [0.1, 0.15) is 43.7 Å². The topological polar surface area (TPSA) is 12.5 Å². The van der Waals surface area contributed by atoms with Gasteiger partial charge in [0.15, 0.2) is 0 Å². The number of benzene rings is 1. The second kappa shape index (κ2) is 8.53. The van der Waals surface area contributed by atoms with Crippen molar-refractivity contribution in [3.05, 3.63) is 29.3 Å². The van der Waals surface area contributed by atoms with Crippen molar-refractivity contribution in [1.82, 2.24) is 4.90 Å². The third kappa shape index (κ3) is 4.13. The summed E-state index contributed by atoms with van der Waals surface area (Å²) in [4.78, 5) is 2.55. The molecular formula is C17H28ClNO. The van der Waals surface area contributed by atoms with E-state index in [1.165, 1.54) is 49.8 Å². The molecule has 0 saturated carbocycles. The Labute approximate surface area is 129 Å². The van der Waals surface area contributed by atoms with Crippen LogP contribution in [0.2, 0.25) is 0 Å². The Morgan fingerprint density at radius 2 is 2.10 bits per heavy atom. The van der Waals surface area contributed by atoms with Gasteiger partial charge in [0.05, 0.1) is 7.11 Å². The highest BCUT2D eigenvalue weighted by atomic mass is 35.5. The van der Waals surface area contributed by atoms with Gasteiger partial charge in [0.1, 0.15) is 5.75 Å². The summed E-state index contributed by atoms with van der Waals surface area (Å²) in [5, 5.41) is 0. The van der Waals surface area contributed by atoms with E-state index in [0.717, 1.165) is 12.2 Å². The first-order valence-electron chi connectivity index (χ1n) is 7.61. The predicted molar refractivity (Wildman–Crippen MR) is 88.2 cm³/mol. The van der Waals surface area contributed by atoms with Crippen LogP contribution in [-0.4, -0.2) is 31.6 Å². The van der Waals surface area contributed by atoms with Gasteiger partial charge in [-0.05, 0) is 56.5 Å². The maximum Gasteiger partial charge on any atom is 0.122 e. The van der Waals surface area contributed by atoms with Gasteiger partial charge in [-0.1, -0.05) is 31.9 Å². The Morgan fingerprint density at radius 3 is 2.80 bits per heavy atom. The van der Waals surface area contributed by atoms with Gasteiger partial charge >= 0.3 is 0 Å². The zero-order chi connectivity index (χ0) is 13.7. The lowest BCUT2D eigenvalue weighted by molar-refractivity contribution is 0.216. The van der Waals surface area contributed by atoms with E-state index < -0.39 is 0 Å². The number of nitrogens with zero attached hydrogens (tertiary/aromatic N) is 1. The number of halogens is 1. The molecule has 114 valence electrons. The van der Waals surface area contributed by atoms with E-state index in [0.29, 0.717) is 6.04 Å². The molecule has 1 aromatic rings. The zero-order valence-electron chi connectivity index (χ0n) is 13.0. The lowest BCUT2D eigenvalue weighted by Crippen LogP contribution is -2.37. The van der Waals surface area contributed by atoms with Gasteiger partial charge in [0.2, 0.25) is 0 Å². The molecule has 1 aliphatic carbocycles. The highest BCUT2D eigenvalue weighted by Crippen LogP contribution is 2.30. The Balaban J connectivity index is 0.00000200. The van der Waals surface area contributed by atoms with E-state index in [-0.39, 0.29) is 12.4 Å². The van der Waals surface area contributed by atoms with Crippen molar-refractivity contribution in [3.63, 3.8) is 0 Å². The minimum atomic E-state index is 0. The van der Waals surface area contributed by atoms with Crippen LogP contribution in [0.15, 0.2) is 18.2 Å². The fourth-order valence-corrected chi connectivity index (χ4v) is 3.11. The van der Waals surface area contributed by atoms with Gasteiger partial charge in [-0.15, -0.1) is 12.4 Å². The second-order valence-electron chi connectivity index (χ2n) is 5.68. The number of fused-ring (bicyclic) bond motifs is 1. The van der Waals surface area contributed by atoms with E-state index in [2.05, 4.69) is 37.1 Å². The molecule has 0 amide bonds. The van der Waals surface area contributed by atoms with Crippen molar-refractivity contribution in [2.75, 3.05) is 20.7 Å². The first-order chi connectivity index (χ1) is 9.26. The lowest BCUT2D eigenvalue weighted by Gasteiger charge is -2.33. The maximum absolute atomic E-state index is 5.47. The fraction of sp³-hybridized carbons (Fsp3) is 0.647. The van der Waals surface area contributed by atoms with Gasteiger partial charge in [0, 0.05) is 6.04 Å². The van der Waals surface area contributed by atoms with E-state index in [1.54, 1.807) is 7.11 Å². The van der Waals surface area contributed by atoms with Gasteiger partial charge < -0.3 is 9.64 Å². The molecule has 0 fully saturated rings. The highest BCUT2D eigenvalue weighted by Gasteiger charge is 2.23. The van der Waals surface area contributed by atoms with Crippen molar-refractivity contribution >= 4 is 12.4 Å². The van der Waals surface area contributed by atoms with E-state index >= 15 is 0 Å². The van der Waals surface area contributed by atoms with Gasteiger partial charge in [-0.3, -0.25) is 0 Å². The molecule has 0 bridgehead atoms. The molecule has 0 spiro atoms. The van der Waals surface area contributed by atoms with Crippen molar-refractivity contribution in [3.8, 4) is 5.75 Å². The first-order valence-corrected chi connectivity index (χ1v) is 7.61. The number of rotatable bonds is 6. The van der Waals surface area contributed by atoms with Crippen molar-refractivity contribution in [2.45, 2.75) is 51.5 Å². The SMILES string of the molecule is CCCCCN(C)C1CCc2c(cccc2OC)C1.Cl. The molecular weight excluding hydrogens is 270 g/mol. The quantitative estimate of drug-likeness (QED) is 0.733. The molecule has 0 aliphatic heterocycles. The summed E-state index contributed by atoms with van der Waals surface area (Å²) in [5.74, 6) is 1.07. The normalized spacial score (nSPS) is 17.5. The molecule has 3 heteroatoms. The summed E-state index contributed by atoms with van der Waals surface area (Å²) >= 11 is 0. The smallest absolute Gasteiger partial charge is 0.122 e. The second-order valence-corrected chi connectivity index (χ2v) is 5.68. The van der Waals surface area contributed by atoms with Crippen LogP contribution in [-0.2, 0) is 12.8 Å². The van der Waals surface area contributed by atoms with Crippen LogP contribution in [0, 0.1) is 0 Å². The highest BCUT2D eigenvalue weighted by molar-refractivity contribution is 5.85. The summed E-state index contributed by atoms with van der Waals surface area (Å²) in [6.07, 6.45) is 7.57. The number of unbranched alkanes of at least 4 members (excludes halogenated alkanes) is 2. The average molecular weight is 298 g/mol. The van der Waals surface area contributed by atoms with Crippen LogP contribution in [0.4, 0.5) is 0 Å². The molecule has 0 aromatic heterocycles. The largest absolute Gasteiger partial charge is 0.496 e. The Kier molecular flexibility index (Phi) is 7.39. The molecule has 0 radical (unpaired) electrons. The van der Waals surface area contributed by atoms with Crippen molar-refractivity contribution in [2.24, 2.45) is 0 Å². The Hall–Kier alpha value is -0.730. The van der Waals surface area contributed by atoms with Gasteiger partial charge in [-0.2, -0.15) is 0 Å². The zero-order valence-corrected chi connectivity index (χ0v) is 13.8. The maximum atomic E-state index is 5.47. The van der Waals surface area contributed by atoms with Crippen LogP contribution in [0.3, 0.4) is 0 Å². The van der Waals surface area contributed by atoms with E-state index in [1.807, 2.05) is 0 Å². The first kappa shape index (κ1) is 17.3. The summed E-state index contributed by atoms with van der Waals surface area (Å²) < 4.78 is 5.47. The molecule has 0 saturated heterocycles. The number of ether oxygens (including phenoxy) is 1. The summed E-state index contributed by atoms with van der Waals surface area (Å²) in [6.45, 7) is 3.50. The summed E-state index contributed by atoms with van der Waals surface area (Å²) in [7, 11) is 4.06. The number of methoxy groups -OCH3 is 1. The molecule has 1 aromatic carbocycles. The molecule has 2 rings (SSSR count). The minimum Gasteiger partial charge on any atom is -0.496 e. The van der Waals surface area contributed by atoms with E-state index in [9.17, 15) is 0 Å². The standard InChI is InChI=1S/C17H27NO.ClH/c1-4-5-6-12-18(2)15-10-11-16-14(13-15)8-7-9-17(16)19-3;/h7-9,15H,4-6,10-13H2,1-3H3;1H. The fourth-order valence-electron chi connectivity index (χ4n) is 3.11. The van der Waals surface area contributed by atoms with Gasteiger partial charge in [-0.25, -0.2) is 0 Å². The van der Waals surface area contributed by atoms with E-state index in [4.69, 9.17) is 4.74 Å².